The maximum Gasteiger partial charge on any atom is 0.246 e. The van der Waals surface area contributed by atoms with Crippen molar-refractivity contribution in [1.29, 1.82) is 0 Å². The van der Waals surface area contributed by atoms with Crippen LogP contribution in [0.2, 0.25) is 10.0 Å². The maximum atomic E-state index is 12.9. The second-order valence-corrected chi connectivity index (χ2v) is 6.39. The molecular weight excluding hydrogens is 347 g/mol. The molecule has 0 saturated carbocycles. The van der Waals surface area contributed by atoms with Crippen molar-refractivity contribution in [1.82, 2.24) is 4.90 Å². The number of nitrogens with one attached hydrogen (secondary N) is 1. The molecule has 24 heavy (non-hydrogen) atoms. The minimum Gasteiger partial charge on any atom is -0.379 e. The number of ether oxygens (including phenoxy) is 1. The molecule has 1 saturated heterocycles. The molecule has 4 nitrogen and oxygen atoms in total. The minimum atomic E-state index is -0.371. The molecular formula is C18H18Cl2N2O2. The largest absolute Gasteiger partial charge is 0.379 e. The zero-order chi connectivity index (χ0) is 16.9. The molecule has 2 aromatic rings. The van der Waals surface area contributed by atoms with Crippen molar-refractivity contribution in [3.05, 3.63) is 64.1 Å². The van der Waals surface area contributed by atoms with Crippen LogP contribution in [0.4, 0.5) is 5.69 Å². The van der Waals surface area contributed by atoms with Crippen molar-refractivity contribution >= 4 is 34.8 Å². The van der Waals surface area contributed by atoms with Gasteiger partial charge in [0.25, 0.3) is 0 Å². The summed E-state index contributed by atoms with van der Waals surface area (Å²) in [6, 6.07) is 14.5. The molecule has 0 unspecified atom stereocenters. The first-order chi connectivity index (χ1) is 11.6. The van der Waals surface area contributed by atoms with Crippen LogP contribution in [0.3, 0.4) is 0 Å². The summed E-state index contributed by atoms with van der Waals surface area (Å²) in [6.07, 6.45) is 0. The van der Waals surface area contributed by atoms with Crippen molar-refractivity contribution in [2.75, 3.05) is 31.6 Å². The number of carbonyl (C=O) groups excluding carboxylic acids is 1. The van der Waals surface area contributed by atoms with Gasteiger partial charge in [0.05, 0.1) is 23.3 Å². The Balaban J connectivity index is 1.84. The van der Waals surface area contributed by atoms with Crippen molar-refractivity contribution in [3.8, 4) is 0 Å². The highest BCUT2D eigenvalue weighted by Crippen LogP contribution is 2.27. The predicted molar refractivity (Wildman–Crippen MR) is 96.7 cm³/mol. The normalized spacial score (nSPS) is 16.6. The van der Waals surface area contributed by atoms with E-state index in [2.05, 4.69) is 10.2 Å². The summed E-state index contributed by atoms with van der Waals surface area (Å²) in [5.41, 5.74) is 1.58. The standard InChI is InChI=1S/C18H18Cl2N2O2/c19-15-7-6-14(12-16(15)20)21-18(23)17(13-4-2-1-3-5-13)22-8-10-24-11-9-22/h1-7,12,17H,8-11H2,(H,21,23)/t17-/m0/s1. The van der Waals surface area contributed by atoms with E-state index in [1.54, 1.807) is 18.2 Å². The van der Waals surface area contributed by atoms with Gasteiger partial charge in [-0.2, -0.15) is 0 Å². The molecule has 126 valence electrons. The first-order valence-corrected chi connectivity index (χ1v) is 8.53. The fraction of sp³-hybridized carbons (Fsp3) is 0.278. The van der Waals surface area contributed by atoms with Gasteiger partial charge in [0, 0.05) is 18.8 Å². The molecule has 1 fully saturated rings. The Hall–Kier alpha value is -1.59. The number of rotatable bonds is 4. The molecule has 0 radical (unpaired) electrons. The molecule has 1 aliphatic heterocycles. The highest BCUT2D eigenvalue weighted by atomic mass is 35.5. The fourth-order valence-electron chi connectivity index (χ4n) is 2.78. The van der Waals surface area contributed by atoms with E-state index in [1.807, 2.05) is 30.3 Å². The quantitative estimate of drug-likeness (QED) is 0.890. The third kappa shape index (κ3) is 4.08. The Morgan fingerprint density at radius 3 is 2.42 bits per heavy atom. The summed E-state index contributed by atoms with van der Waals surface area (Å²) in [5, 5.41) is 3.82. The Bertz CT molecular complexity index is 703. The summed E-state index contributed by atoms with van der Waals surface area (Å²) in [7, 11) is 0. The smallest absolute Gasteiger partial charge is 0.246 e. The van der Waals surface area contributed by atoms with Gasteiger partial charge in [-0.15, -0.1) is 0 Å². The van der Waals surface area contributed by atoms with Gasteiger partial charge in [-0.3, -0.25) is 9.69 Å². The Morgan fingerprint density at radius 2 is 1.75 bits per heavy atom. The number of halogens is 2. The summed E-state index contributed by atoms with van der Waals surface area (Å²) in [4.78, 5) is 15.1. The molecule has 0 spiro atoms. The average Bonchev–Trinajstić information content (AvgIpc) is 2.60. The molecule has 3 rings (SSSR count). The third-order valence-corrected chi connectivity index (χ3v) is 4.70. The molecule has 6 heteroatoms. The lowest BCUT2D eigenvalue weighted by Gasteiger charge is -2.33. The molecule has 0 bridgehead atoms. The number of nitrogens with zero attached hydrogens (tertiary/aromatic N) is 1. The first-order valence-electron chi connectivity index (χ1n) is 7.78. The minimum absolute atomic E-state index is 0.0958. The van der Waals surface area contributed by atoms with Crippen LogP contribution in [0.1, 0.15) is 11.6 Å². The van der Waals surface area contributed by atoms with Crippen LogP contribution in [0.15, 0.2) is 48.5 Å². The van der Waals surface area contributed by atoms with Gasteiger partial charge in [0.1, 0.15) is 6.04 Å². The predicted octanol–water partition coefficient (Wildman–Crippen LogP) is 4.01. The van der Waals surface area contributed by atoms with Crippen LogP contribution < -0.4 is 5.32 Å². The topological polar surface area (TPSA) is 41.6 Å². The molecule has 0 aliphatic carbocycles. The van der Waals surface area contributed by atoms with Crippen molar-refractivity contribution in [3.63, 3.8) is 0 Å². The zero-order valence-corrected chi connectivity index (χ0v) is 14.6. The number of anilines is 1. The Kier molecular flexibility index (Phi) is 5.74. The van der Waals surface area contributed by atoms with Gasteiger partial charge in [0.2, 0.25) is 5.91 Å². The van der Waals surface area contributed by atoms with Gasteiger partial charge >= 0.3 is 0 Å². The molecule has 1 N–H and O–H groups in total. The summed E-state index contributed by atoms with van der Waals surface area (Å²) >= 11 is 12.0. The van der Waals surface area contributed by atoms with E-state index in [9.17, 15) is 4.79 Å². The second-order valence-electron chi connectivity index (χ2n) is 5.58. The van der Waals surface area contributed by atoms with Gasteiger partial charge < -0.3 is 10.1 Å². The highest BCUT2D eigenvalue weighted by molar-refractivity contribution is 6.42. The van der Waals surface area contributed by atoms with Crippen LogP contribution in [-0.4, -0.2) is 37.1 Å². The lowest BCUT2D eigenvalue weighted by atomic mass is 10.0. The number of benzene rings is 2. The van der Waals surface area contributed by atoms with E-state index in [0.29, 0.717) is 42.0 Å². The molecule has 2 aromatic carbocycles. The molecule has 1 atom stereocenters. The van der Waals surface area contributed by atoms with E-state index in [4.69, 9.17) is 27.9 Å². The van der Waals surface area contributed by atoms with Crippen LogP contribution in [-0.2, 0) is 9.53 Å². The van der Waals surface area contributed by atoms with Crippen molar-refractivity contribution in [2.45, 2.75) is 6.04 Å². The maximum absolute atomic E-state index is 12.9. The number of hydrogen-bond donors (Lipinski definition) is 1. The van der Waals surface area contributed by atoms with Crippen LogP contribution >= 0.6 is 23.2 Å². The van der Waals surface area contributed by atoms with Crippen molar-refractivity contribution < 1.29 is 9.53 Å². The van der Waals surface area contributed by atoms with Gasteiger partial charge in [0.15, 0.2) is 0 Å². The van der Waals surface area contributed by atoms with E-state index < -0.39 is 0 Å². The van der Waals surface area contributed by atoms with Crippen molar-refractivity contribution in [2.24, 2.45) is 0 Å². The van der Waals surface area contributed by atoms with Crippen LogP contribution in [0, 0.1) is 0 Å². The highest BCUT2D eigenvalue weighted by Gasteiger charge is 2.29. The van der Waals surface area contributed by atoms with E-state index >= 15 is 0 Å². The SMILES string of the molecule is O=C(Nc1ccc(Cl)c(Cl)c1)[C@H](c1ccccc1)N1CCOCC1. The van der Waals surface area contributed by atoms with Crippen LogP contribution in [0.5, 0.6) is 0 Å². The van der Waals surface area contributed by atoms with Gasteiger partial charge in [-0.05, 0) is 23.8 Å². The lowest BCUT2D eigenvalue weighted by Crippen LogP contribution is -2.43. The van der Waals surface area contributed by atoms with Gasteiger partial charge in [-0.1, -0.05) is 53.5 Å². The second kappa shape index (κ2) is 7.99. The Morgan fingerprint density at radius 1 is 1.04 bits per heavy atom. The average molecular weight is 365 g/mol. The number of hydrogen-bond acceptors (Lipinski definition) is 3. The number of amides is 1. The zero-order valence-electron chi connectivity index (χ0n) is 13.0. The van der Waals surface area contributed by atoms with Gasteiger partial charge in [-0.25, -0.2) is 0 Å². The molecule has 0 aromatic heterocycles. The summed E-state index contributed by atoms with van der Waals surface area (Å²) < 4.78 is 5.41. The third-order valence-electron chi connectivity index (χ3n) is 3.96. The monoisotopic (exact) mass is 364 g/mol. The fourth-order valence-corrected chi connectivity index (χ4v) is 3.08. The molecule has 1 amide bonds. The number of morpholine rings is 1. The summed E-state index contributed by atoms with van der Waals surface area (Å²) in [6.45, 7) is 2.69. The molecule has 1 aliphatic rings. The summed E-state index contributed by atoms with van der Waals surface area (Å²) in [5.74, 6) is -0.0958. The number of carbonyl (C=O) groups is 1. The first kappa shape index (κ1) is 17.2. The van der Waals surface area contributed by atoms with Crippen LogP contribution in [0.25, 0.3) is 0 Å². The Labute approximate surface area is 151 Å². The molecule has 1 heterocycles. The van der Waals surface area contributed by atoms with E-state index in [1.165, 1.54) is 0 Å². The van der Waals surface area contributed by atoms with E-state index in [0.717, 1.165) is 5.56 Å². The lowest BCUT2D eigenvalue weighted by molar-refractivity contribution is -0.123. The van der Waals surface area contributed by atoms with E-state index in [-0.39, 0.29) is 11.9 Å².